The first-order chi connectivity index (χ1) is 11.3. The summed E-state index contributed by atoms with van der Waals surface area (Å²) in [5.74, 6) is 1.97. The molecule has 6 nitrogen and oxygen atoms in total. The summed E-state index contributed by atoms with van der Waals surface area (Å²) in [7, 11) is 0. The van der Waals surface area contributed by atoms with Gasteiger partial charge in [0, 0.05) is 62.6 Å². The molecule has 2 aliphatic rings. The fraction of sp³-hybridized carbons (Fsp3) is 0.562. The molecule has 7 heteroatoms. The first kappa shape index (κ1) is 14.7. The molecule has 0 radical (unpaired) electrons. The van der Waals surface area contributed by atoms with E-state index in [0.717, 1.165) is 61.9 Å². The highest BCUT2D eigenvalue weighted by molar-refractivity contribution is 7.13. The molecule has 4 rings (SSSR count). The molecule has 4 heterocycles. The normalized spacial score (nSPS) is 18.7. The lowest BCUT2D eigenvalue weighted by molar-refractivity contribution is 0.637. The van der Waals surface area contributed by atoms with Crippen LogP contribution in [0.1, 0.15) is 18.5 Å². The molecule has 23 heavy (non-hydrogen) atoms. The highest BCUT2D eigenvalue weighted by atomic mass is 32.1. The maximum Gasteiger partial charge on any atom is 0.227 e. The topological polar surface area (TPSA) is 48.4 Å². The van der Waals surface area contributed by atoms with E-state index in [1.165, 1.54) is 12.8 Å². The molecule has 0 atom stereocenters. The second kappa shape index (κ2) is 6.31. The van der Waals surface area contributed by atoms with Gasteiger partial charge in [0.2, 0.25) is 5.95 Å². The molecule has 0 saturated carbocycles. The maximum absolute atomic E-state index is 4.84. The number of hydrogen-bond donors (Lipinski definition) is 0. The van der Waals surface area contributed by atoms with Crippen LogP contribution in [-0.2, 0) is 0 Å². The zero-order chi connectivity index (χ0) is 15.6. The van der Waals surface area contributed by atoms with E-state index < -0.39 is 0 Å². The van der Waals surface area contributed by atoms with E-state index in [2.05, 4.69) is 37.7 Å². The van der Waals surface area contributed by atoms with Crippen LogP contribution in [0.2, 0.25) is 0 Å². The Labute approximate surface area is 140 Å². The number of aryl methyl sites for hydroxylation is 1. The minimum absolute atomic E-state index is 0.880. The summed E-state index contributed by atoms with van der Waals surface area (Å²) < 4.78 is 0. The van der Waals surface area contributed by atoms with Crippen molar-refractivity contribution >= 4 is 28.2 Å². The van der Waals surface area contributed by atoms with Crippen molar-refractivity contribution in [2.24, 2.45) is 0 Å². The summed E-state index contributed by atoms with van der Waals surface area (Å²) in [5, 5.41) is 3.15. The van der Waals surface area contributed by atoms with Crippen molar-refractivity contribution in [1.29, 1.82) is 0 Å². The van der Waals surface area contributed by atoms with Crippen LogP contribution in [0.15, 0.2) is 17.6 Å². The first-order valence-electron chi connectivity index (χ1n) is 8.29. The molecule has 0 N–H and O–H groups in total. The average molecular weight is 330 g/mol. The molecular formula is C16H22N6S. The molecule has 0 bridgehead atoms. The van der Waals surface area contributed by atoms with Crippen molar-refractivity contribution in [3.05, 3.63) is 23.3 Å². The van der Waals surface area contributed by atoms with Crippen molar-refractivity contribution in [2.75, 3.05) is 54.0 Å². The van der Waals surface area contributed by atoms with E-state index in [9.17, 15) is 0 Å². The van der Waals surface area contributed by atoms with Crippen LogP contribution in [0, 0.1) is 6.92 Å². The van der Waals surface area contributed by atoms with E-state index in [0.29, 0.717) is 0 Å². The third kappa shape index (κ3) is 3.10. The predicted molar refractivity (Wildman–Crippen MR) is 94.8 cm³/mol. The van der Waals surface area contributed by atoms with Gasteiger partial charge in [-0.15, -0.1) is 11.3 Å². The van der Waals surface area contributed by atoms with Crippen molar-refractivity contribution in [3.8, 4) is 0 Å². The van der Waals surface area contributed by atoms with Gasteiger partial charge in [-0.2, -0.15) is 4.98 Å². The van der Waals surface area contributed by atoms with Gasteiger partial charge in [-0.05, 0) is 19.8 Å². The van der Waals surface area contributed by atoms with E-state index in [-0.39, 0.29) is 0 Å². The second-order valence-corrected chi connectivity index (χ2v) is 7.02. The highest BCUT2D eigenvalue weighted by Crippen LogP contribution is 2.24. The molecular weight excluding hydrogens is 308 g/mol. The molecule has 2 aliphatic heterocycles. The van der Waals surface area contributed by atoms with Crippen LogP contribution < -0.4 is 14.7 Å². The monoisotopic (exact) mass is 330 g/mol. The number of anilines is 3. The van der Waals surface area contributed by atoms with Crippen molar-refractivity contribution in [1.82, 2.24) is 15.0 Å². The Morgan fingerprint density at radius 2 is 1.65 bits per heavy atom. The van der Waals surface area contributed by atoms with Crippen LogP contribution in [0.5, 0.6) is 0 Å². The number of nitrogens with zero attached hydrogens (tertiary/aromatic N) is 6. The molecule has 2 aromatic heterocycles. The van der Waals surface area contributed by atoms with Gasteiger partial charge in [0.05, 0.1) is 0 Å². The van der Waals surface area contributed by atoms with E-state index in [4.69, 9.17) is 4.98 Å². The Bertz CT molecular complexity index is 645. The Kier molecular flexibility index (Phi) is 4.03. The summed E-state index contributed by atoms with van der Waals surface area (Å²) in [6.45, 7) is 8.15. The largest absolute Gasteiger partial charge is 0.356 e. The quantitative estimate of drug-likeness (QED) is 0.860. The van der Waals surface area contributed by atoms with Crippen LogP contribution in [0.25, 0.3) is 0 Å². The first-order valence-corrected chi connectivity index (χ1v) is 9.17. The molecule has 2 aromatic rings. The van der Waals surface area contributed by atoms with E-state index >= 15 is 0 Å². The number of hydrogen-bond acceptors (Lipinski definition) is 7. The Morgan fingerprint density at radius 3 is 2.35 bits per heavy atom. The molecule has 0 unspecified atom stereocenters. The van der Waals surface area contributed by atoms with Crippen molar-refractivity contribution in [3.63, 3.8) is 0 Å². The second-order valence-electron chi connectivity index (χ2n) is 6.15. The lowest BCUT2D eigenvalue weighted by Gasteiger charge is -2.35. The average Bonchev–Trinajstić information content (AvgIpc) is 3.28. The highest BCUT2D eigenvalue weighted by Gasteiger charge is 2.22. The van der Waals surface area contributed by atoms with Gasteiger partial charge in [0.1, 0.15) is 5.82 Å². The van der Waals surface area contributed by atoms with Gasteiger partial charge in [0.15, 0.2) is 5.13 Å². The number of piperazine rings is 1. The summed E-state index contributed by atoms with van der Waals surface area (Å²) in [4.78, 5) is 20.9. The van der Waals surface area contributed by atoms with Crippen LogP contribution in [0.4, 0.5) is 16.9 Å². The number of rotatable bonds is 3. The maximum atomic E-state index is 4.84. The third-order valence-electron chi connectivity index (χ3n) is 4.51. The third-order valence-corrected chi connectivity index (χ3v) is 5.34. The molecule has 2 fully saturated rings. The molecule has 0 amide bonds. The minimum atomic E-state index is 0.880. The standard InChI is InChI=1S/C16H22N6S/c1-13-12-14(20-5-2-3-6-20)19-15(18-13)21-7-9-22(10-8-21)16-17-4-11-23-16/h4,11-12H,2-3,5-10H2,1H3. The number of thiazole rings is 1. The summed E-state index contributed by atoms with van der Waals surface area (Å²) in [6, 6.07) is 2.11. The van der Waals surface area contributed by atoms with Crippen molar-refractivity contribution < 1.29 is 0 Å². The van der Waals surface area contributed by atoms with Gasteiger partial charge in [-0.3, -0.25) is 0 Å². The lowest BCUT2D eigenvalue weighted by Crippen LogP contribution is -2.47. The van der Waals surface area contributed by atoms with Crippen molar-refractivity contribution in [2.45, 2.75) is 19.8 Å². The number of aromatic nitrogens is 3. The zero-order valence-corrected chi connectivity index (χ0v) is 14.3. The molecule has 0 spiro atoms. The smallest absolute Gasteiger partial charge is 0.227 e. The summed E-state index contributed by atoms with van der Waals surface area (Å²) in [6.07, 6.45) is 4.41. The van der Waals surface area contributed by atoms with Crippen LogP contribution in [0.3, 0.4) is 0 Å². The fourth-order valence-corrected chi connectivity index (χ4v) is 3.95. The summed E-state index contributed by atoms with van der Waals surface area (Å²) >= 11 is 1.71. The SMILES string of the molecule is Cc1cc(N2CCCC2)nc(N2CCN(c3nccs3)CC2)n1. The Hall–Kier alpha value is -1.89. The Balaban J connectivity index is 1.48. The summed E-state index contributed by atoms with van der Waals surface area (Å²) in [5.41, 5.74) is 1.05. The molecule has 0 aliphatic carbocycles. The van der Waals surface area contributed by atoms with E-state index in [1.54, 1.807) is 11.3 Å². The predicted octanol–water partition coefficient (Wildman–Crippen LogP) is 2.17. The Morgan fingerprint density at radius 1 is 0.913 bits per heavy atom. The fourth-order valence-electron chi connectivity index (χ4n) is 3.26. The lowest BCUT2D eigenvalue weighted by atomic mass is 10.3. The van der Waals surface area contributed by atoms with Gasteiger partial charge < -0.3 is 14.7 Å². The minimum Gasteiger partial charge on any atom is -0.356 e. The van der Waals surface area contributed by atoms with Gasteiger partial charge in [-0.25, -0.2) is 9.97 Å². The van der Waals surface area contributed by atoms with Gasteiger partial charge in [0.25, 0.3) is 0 Å². The van der Waals surface area contributed by atoms with Gasteiger partial charge >= 0.3 is 0 Å². The van der Waals surface area contributed by atoms with E-state index in [1.807, 2.05) is 11.6 Å². The van der Waals surface area contributed by atoms with Crippen LogP contribution in [-0.4, -0.2) is 54.2 Å². The zero-order valence-electron chi connectivity index (χ0n) is 13.5. The van der Waals surface area contributed by atoms with Gasteiger partial charge in [-0.1, -0.05) is 0 Å². The molecule has 122 valence electrons. The molecule has 2 saturated heterocycles. The molecule has 0 aromatic carbocycles. The van der Waals surface area contributed by atoms with Crippen LogP contribution >= 0.6 is 11.3 Å².